The Balaban J connectivity index is 1.72. The first-order valence-corrected chi connectivity index (χ1v) is 11.4. The van der Waals surface area contributed by atoms with Gasteiger partial charge in [-0.2, -0.15) is 0 Å². The largest absolute Gasteiger partial charge is 0.369 e. The number of hydrogen-bond acceptors (Lipinski definition) is 5. The molecule has 1 aromatic heterocycles. The number of sulfonamides is 1. The Hall–Kier alpha value is -1.03. The highest BCUT2D eigenvalue weighted by molar-refractivity contribution is 7.89. The molecule has 9 heteroatoms. The van der Waals surface area contributed by atoms with Crippen LogP contribution < -0.4 is 10.5 Å². The minimum Gasteiger partial charge on any atom is -0.369 e. The summed E-state index contributed by atoms with van der Waals surface area (Å²) >= 11 is 7.77. The van der Waals surface area contributed by atoms with E-state index >= 15 is 0 Å². The first kappa shape index (κ1) is 19.3. The van der Waals surface area contributed by atoms with E-state index in [4.69, 9.17) is 21.5 Å². The van der Waals surface area contributed by atoms with Gasteiger partial charge in [0.25, 0.3) is 0 Å². The maximum absolute atomic E-state index is 14.7. The van der Waals surface area contributed by atoms with Crippen LogP contribution in [-0.4, -0.2) is 21.1 Å². The van der Waals surface area contributed by atoms with Gasteiger partial charge in [-0.15, -0.1) is 11.3 Å². The number of piperidine rings is 1. The standard InChI is InChI=1S/C18H20ClFN2O3S2/c1-10-8-18(17-11(4-5-25-18)6-16(19)26-17)9-15(22-10)13-3-2-12(7-14(13)20)27(21,23)24/h2-3,6-7,10,15,22H,4-5,8-9H2,1H3,(H2,21,23,24). The van der Waals surface area contributed by atoms with Gasteiger partial charge in [0.1, 0.15) is 11.4 Å². The molecule has 2 aliphatic rings. The zero-order valence-electron chi connectivity index (χ0n) is 14.7. The molecule has 0 radical (unpaired) electrons. The average Bonchev–Trinajstić information content (AvgIpc) is 2.95. The van der Waals surface area contributed by atoms with Crippen molar-refractivity contribution < 1.29 is 17.5 Å². The van der Waals surface area contributed by atoms with E-state index in [1.54, 1.807) is 0 Å². The summed E-state index contributed by atoms with van der Waals surface area (Å²) in [6.07, 6.45) is 2.14. The number of benzene rings is 1. The Morgan fingerprint density at radius 2 is 2.15 bits per heavy atom. The molecule has 1 saturated heterocycles. The lowest BCUT2D eigenvalue weighted by molar-refractivity contribution is -0.0956. The summed E-state index contributed by atoms with van der Waals surface area (Å²) in [6, 6.07) is 5.59. The lowest BCUT2D eigenvalue weighted by Gasteiger charge is -2.46. The molecular formula is C18H20ClFN2O3S2. The summed E-state index contributed by atoms with van der Waals surface area (Å²) < 4.78 is 44.7. The van der Waals surface area contributed by atoms with Gasteiger partial charge in [-0.05, 0) is 43.5 Å². The van der Waals surface area contributed by atoms with Gasteiger partial charge in [-0.3, -0.25) is 0 Å². The van der Waals surface area contributed by atoms with Crippen LogP contribution in [0.5, 0.6) is 0 Å². The van der Waals surface area contributed by atoms with Crippen molar-refractivity contribution in [3.8, 4) is 0 Å². The monoisotopic (exact) mass is 430 g/mol. The van der Waals surface area contributed by atoms with Crippen LogP contribution in [0, 0.1) is 5.82 Å². The van der Waals surface area contributed by atoms with Gasteiger partial charge in [0.2, 0.25) is 10.0 Å². The highest BCUT2D eigenvalue weighted by Gasteiger charge is 2.46. The Morgan fingerprint density at radius 3 is 2.85 bits per heavy atom. The van der Waals surface area contributed by atoms with Gasteiger partial charge in [0.15, 0.2) is 0 Å². The SMILES string of the molecule is CC1CC2(CC(c3ccc(S(N)(=O)=O)cc3F)N1)OCCc1cc(Cl)sc12. The van der Waals surface area contributed by atoms with E-state index in [9.17, 15) is 12.8 Å². The molecule has 1 spiro atoms. The van der Waals surface area contributed by atoms with Crippen LogP contribution in [0.4, 0.5) is 4.39 Å². The summed E-state index contributed by atoms with van der Waals surface area (Å²) in [7, 11) is -3.95. The predicted molar refractivity (Wildman–Crippen MR) is 103 cm³/mol. The van der Waals surface area contributed by atoms with Crippen molar-refractivity contribution in [2.45, 2.75) is 48.8 Å². The minimum absolute atomic E-state index is 0.0906. The summed E-state index contributed by atoms with van der Waals surface area (Å²) in [5.74, 6) is -0.594. The van der Waals surface area contributed by atoms with Crippen LogP contribution >= 0.6 is 22.9 Å². The van der Waals surface area contributed by atoms with Crippen molar-refractivity contribution >= 4 is 33.0 Å². The summed E-state index contributed by atoms with van der Waals surface area (Å²) in [6.45, 7) is 2.64. The zero-order chi connectivity index (χ0) is 19.4. The van der Waals surface area contributed by atoms with Gasteiger partial charge in [0, 0.05) is 28.9 Å². The van der Waals surface area contributed by atoms with E-state index in [1.165, 1.54) is 29.0 Å². The third kappa shape index (κ3) is 3.54. The number of thiophene rings is 1. The van der Waals surface area contributed by atoms with E-state index in [0.717, 1.165) is 28.1 Å². The lowest BCUT2D eigenvalue weighted by atomic mass is 9.78. The number of nitrogens with two attached hydrogens (primary N) is 1. The smallest absolute Gasteiger partial charge is 0.238 e. The minimum atomic E-state index is -3.95. The van der Waals surface area contributed by atoms with Gasteiger partial charge in [-0.1, -0.05) is 17.7 Å². The summed E-state index contributed by atoms with van der Waals surface area (Å²) in [5, 5.41) is 8.51. The van der Waals surface area contributed by atoms with Gasteiger partial charge in [0.05, 0.1) is 15.8 Å². The lowest BCUT2D eigenvalue weighted by Crippen LogP contribution is -2.49. The fraction of sp³-hybridized carbons (Fsp3) is 0.444. The molecule has 146 valence electrons. The number of fused-ring (bicyclic) bond motifs is 2. The average molecular weight is 431 g/mol. The van der Waals surface area contributed by atoms with Crippen LogP contribution in [-0.2, 0) is 26.8 Å². The summed E-state index contributed by atoms with van der Waals surface area (Å²) in [4.78, 5) is 0.891. The van der Waals surface area contributed by atoms with E-state index in [0.29, 0.717) is 18.6 Å². The normalized spacial score (nSPS) is 28.3. The first-order chi connectivity index (χ1) is 12.7. The van der Waals surface area contributed by atoms with E-state index < -0.39 is 21.4 Å². The molecule has 1 fully saturated rings. The third-order valence-corrected chi connectivity index (χ3v) is 7.68. The Morgan fingerprint density at radius 1 is 1.37 bits per heavy atom. The third-order valence-electron chi connectivity index (χ3n) is 5.27. The number of rotatable bonds is 2. The molecule has 0 amide bonds. The molecule has 1 aromatic carbocycles. The molecule has 4 rings (SSSR count). The molecule has 3 unspecified atom stereocenters. The van der Waals surface area contributed by atoms with Crippen molar-refractivity contribution in [3.63, 3.8) is 0 Å². The quantitative estimate of drug-likeness (QED) is 0.764. The Labute approximate surface area is 166 Å². The second-order valence-electron chi connectivity index (χ2n) is 7.25. The molecule has 3 atom stereocenters. The van der Waals surface area contributed by atoms with Crippen molar-refractivity contribution in [3.05, 3.63) is 50.4 Å². The second-order valence-corrected chi connectivity index (χ2v) is 10.5. The molecule has 0 saturated carbocycles. The van der Waals surface area contributed by atoms with Gasteiger partial charge >= 0.3 is 0 Å². The molecular weight excluding hydrogens is 411 g/mol. The van der Waals surface area contributed by atoms with Crippen LogP contribution in [0.3, 0.4) is 0 Å². The number of nitrogens with one attached hydrogen (secondary N) is 1. The van der Waals surface area contributed by atoms with E-state index in [-0.39, 0.29) is 17.0 Å². The molecule has 3 N–H and O–H groups in total. The van der Waals surface area contributed by atoms with Crippen molar-refractivity contribution in [2.24, 2.45) is 5.14 Å². The fourth-order valence-electron chi connectivity index (χ4n) is 4.23. The highest BCUT2D eigenvalue weighted by Crippen LogP contribution is 2.50. The maximum atomic E-state index is 14.7. The molecule has 3 heterocycles. The van der Waals surface area contributed by atoms with E-state index in [2.05, 4.69) is 5.32 Å². The number of ether oxygens (including phenoxy) is 1. The van der Waals surface area contributed by atoms with Gasteiger partial charge < -0.3 is 10.1 Å². The first-order valence-electron chi connectivity index (χ1n) is 8.69. The Kier molecular flexibility index (Phi) is 4.85. The maximum Gasteiger partial charge on any atom is 0.238 e. The molecule has 27 heavy (non-hydrogen) atoms. The molecule has 0 aliphatic carbocycles. The van der Waals surface area contributed by atoms with Crippen LogP contribution in [0.2, 0.25) is 4.34 Å². The van der Waals surface area contributed by atoms with Crippen LogP contribution in [0.1, 0.15) is 41.8 Å². The number of hydrogen-bond donors (Lipinski definition) is 2. The molecule has 0 bridgehead atoms. The molecule has 5 nitrogen and oxygen atoms in total. The van der Waals surface area contributed by atoms with Crippen LogP contribution in [0.15, 0.2) is 29.2 Å². The van der Waals surface area contributed by atoms with Crippen LogP contribution in [0.25, 0.3) is 0 Å². The van der Waals surface area contributed by atoms with Gasteiger partial charge in [-0.25, -0.2) is 17.9 Å². The molecule has 2 aromatic rings. The second kappa shape index (κ2) is 6.79. The van der Waals surface area contributed by atoms with Crippen molar-refractivity contribution in [1.82, 2.24) is 5.32 Å². The zero-order valence-corrected chi connectivity index (χ0v) is 17.1. The van der Waals surface area contributed by atoms with Crippen molar-refractivity contribution in [2.75, 3.05) is 6.61 Å². The topological polar surface area (TPSA) is 81.4 Å². The number of halogens is 2. The summed E-state index contributed by atoms with van der Waals surface area (Å²) in [5.41, 5.74) is 1.10. The number of primary sulfonamides is 1. The predicted octanol–water partition coefficient (Wildman–Crippen LogP) is 3.47. The molecule has 2 aliphatic heterocycles. The van der Waals surface area contributed by atoms with E-state index in [1.807, 2.05) is 13.0 Å². The van der Waals surface area contributed by atoms with Crippen molar-refractivity contribution in [1.29, 1.82) is 0 Å². The Bertz CT molecular complexity index is 994. The highest BCUT2D eigenvalue weighted by atomic mass is 35.5. The fourth-order valence-corrected chi connectivity index (χ4v) is 6.22.